The number of carbonyl (C=O) groups is 3. The van der Waals surface area contributed by atoms with Crippen LogP contribution in [0.5, 0.6) is 0 Å². The van der Waals surface area contributed by atoms with Crippen LogP contribution in [0.4, 0.5) is 0 Å². The molecule has 2 amide bonds. The third-order valence-electron chi connectivity index (χ3n) is 5.62. The molecule has 0 saturated carbocycles. The molecule has 1 aliphatic heterocycles. The van der Waals surface area contributed by atoms with Gasteiger partial charge >= 0.3 is 5.97 Å². The number of esters is 1. The van der Waals surface area contributed by atoms with Gasteiger partial charge in [-0.15, -0.1) is 6.58 Å². The molecule has 1 N–H and O–H groups in total. The van der Waals surface area contributed by atoms with Crippen molar-refractivity contribution in [3.05, 3.63) is 48.1 Å². The highest BCUT2D eigenvalue weighted by Crippen LogP contribution is 2.53. The monoisotopic (exact) mass is 400 g/mol. The number of amides is 2. The number of fused-ring (bicyclic) bond motifs is 1. The number of likely N-dealkylation sites (tertiary alicyclic amines) is 1. The highest BCUT2D eigenvalue weighted by atomic mass is 16.5. The van der Waals surface area contributed by atoms with Crippen molar-refractivity contribution < 1.29 is 23.5 Å². The second kappa shape index (κ2) is 8.68. The third kappa shape index (κ3) is 3.86. The topological polar surface area (TPSA) is 88.9 Å². The van der Waals surface area contributed by atoms with Crippen LogP contribution >= 0.6 is 0 Å². The molecule has 1 saturated heterocycles. The maximum atomic E-state index is 13.2. The summed E-state index contributed by atoms with van der Waals surface area (Å²) in [5.41, 5.74) is -0.445. The van der Waals surface area contributed by atoms with Gasteiger partial charge in [-0.3, -0.25) is 14.4 Å². The molecule has 0 aromatic carbocycles. The summed E-state index contributed by atoms with van der Waals surface area (Å²) in [5, 5.41) is 2.80. The summed E-state index contributed by atoms with van der Waals surface area (Å²) in [4.78, 5) is 40.5. The van der Waals surface area contributed by atoms with Crippen LogP contribution in [0.1, 0.15) is 44.1 Å². The summed E-state index contributed by atoms with van der Waals surface area (Å²) in [6.07, 6.45) is 5.53. The lowest BCUT2D eigenvalue weighted by atomic mass is 9.68. The van der Waals surface area contributed by atoms with Gasteiger partial charge in [-0.25, -0.2) is 0 Å². The third-order valence-corrected chi connectivity index (χ3v) is 5.62. The van der Waals surface area contributed by atoms with Gasteiger partial charge in [-0.05, 0) is 45.2 Å². The average Bonchev–Trinajstić information content (AvgIpc) is 3.22. The first-order valence-electron chi connectivity index (χ1n) is 10.1. The molecule has 2 heterocycles. The Morgan fingerprint density at radius 3 is 2.90 bits per heavy atom. The zero-order valence-electron chi connectivity index (χ0n) is 17.0. The molecular formula is C22H28N2O5. The number of nitrogens with zero attached hydrogens (tertiary/aromatic N) is 1. The molecule has 1 fully saturated rings. The molecule has 7 nitrogen and oxygen atoms in total. The summed E-state index contributed by atoms with van der Waals surface area (Å²) in [6.45, 7) is 8.06. The molecule has 2 atom stereocenters. The molecule has 1 aliphatic carbocycles. The van der Waals surface area contributed by atoms with Gasteiger partial charge in [0.05, 0.1) is 19.1 Å². The predicted octanol–water partition coefficient (Wildman–Crippen LogP) is 2.86. The molecule has 29 heavy (non-hydrogen) atoms. The minimum absolute atomic E-state index is 0.0810. The maximum Gasteiger partial charge on any atom is 0.318 e. The zero-order chi connectivity index (χ0) is 21.0. The van der Waals surface area contributed by atoms with E-state index in [0.29, 0.717) is 24.4 Å². The Morgan fingerprint density at radius 1 is 1.45 bits per heavy atom. The molecule has 1 aromatic heterocycles. The molecule has 7 heteroatoms. The fourth-order valence-electron chi connectivity index (χ4n) is 4.36. The summed E-state index contributed by atoms with van der Waals surface area (Å²) in [6, 6.07) is 3.62. The molecular weight excluding hydrogens is 372 g/mol. The summed E-state index contributed by atoms with van der Waals surface area (Å²) in [7, 11) is 0. The molecule has 2 aliphatic rings. The van der Waals surface area contributed by atoms with Gasteiger partial charge < -0.3 is 19.4 Å². The maximum absolute atomic E-state index is 13.2. The summed E-state index contributed by atoms with van der Waals surface area (Å²) < 4.78 is 10.8. The van der Waals surface area contributed by atoms with E-state index in [9.17, 15) is 14.4 Å². The fraction of sp³-hybridized carbons (Fsp3) is 0.500. The number of hydrogen-bond donors (Lipinski definition) is 1. The largest absolute Gasteiger partial charge is 0.465 e. The number of ether oxygens (including phenoxy) is 1. The van der Waals surface area contributed by atoms with Gasteiger partial charge in [0, 0.05) is 18.7 Å². The number of carbonyl (C=O) groups excluding carboxylic acids is 3. The van der Waals surface area contributed by atoms with E-state index in [1.165, 1.54) is 0 Å². The Morgan fingerprint density at radius 2 is 2.24 bits per heavy atom. The minimum Gasteiger partial charge on any atom is -0.465 e. The second-order valence-electron chi connectivity index (χ2n) is 7.46. The minimum atomic E-state index is -1.10. The summed E-state index contributed by atoms with van der Waals surface area (Å²) >= 11 is 0. The van der Waals surface area contributed by atoms with Crippen molar-refractivity contribution in [2.75, 3.05) is 13.2 Å². The number of hydrogen-bond acceptors (Lipinski definition) is 5. The zero-order valence-corrected chi connectivity index (χ0v) is 17.0. The van der Waals surface area contributed by atoms with Gasteiger partial charge in [0.15, 0.2) is 0 Å². The SMILES string of the molecule is C=CCN1C(=O)[C@H](CC(=O)NCc2ccc(C)o2)[C@@]2(C(=O)OCC)CCCC=C12. The van der Waals surface area contributed by atoms with Crippen LogP contribution in [-0.2, 0) is 25.7 Å². The van der Waals surface area contributed by atoms with E-state index in [-0.39, 0.29) is 31.4 Å². The van der Waals surface area contributed by atoms with E-state index in [0.717, 1.165) is 18.6 Å². The van der Waals surface area contributed by atoms with E-state index < -0.39 is 17.3 Å². The van der Waals surface area contributed by atoms with E-state index >= 15 is 0 Å². The van der Waals surface area contributed by atoms with Crippen molar-refractivity contribution in [3.8, 4) is 0 Å². The first-order chi connectivity index (χ1) is 13.9. The predicted molar refractivity (Wildman–Crippen MR) is 106 cm³/mol. The van der Waals surface area contributed by atoms with Crippen LogP contribution < -0.4 is 5.32 Å². The molecule has 3 rings (SSSR count). The number of rotatable bonds is 8. The quantitative estimate of drug-likeness (QED) is 0.535. The van der Waals surface area contributed by atoms with Crippen LogP contribution in [0, 0.1) is 18.3 Å². The van der Waals surface area contributed by atoms with Gasteiger partial charge in [0.25, 0.3) is 0 Å². The average molecular weight is 400 g/mol. The Hall–Kier alpha value is -2.83. The lowest BCUT2D eigenvalue weighted by Crippen LogP contribution is -2.43. The smallest absolute Gasteiger partial charge is 0.318 e. The van der Waals surface area contributed by atoms with E-state index in [2.05, 4.69) is 11.9 Å². The van der Waals surface area contributed by atoms with Crippen molar-refractivity contribution >= 4 is 17.8 Å². The molecule has 0 spiro atoms. The standard InChI is InChI=1S/C22H28N2O5/c1-4-12-24-18-8-6-7-11-22(18,21(27)28-5-2)17(20(24)26)13-19(25)23-14-16-10-9-15(3)29-16/h4,8-10,17H,1,5-7,11-14H2,2-3H3,(H,23,25)/t17-,22-/m0/s1. The number of nitrogens with one attached hydrogen (secondary N) is 1. The highest BCUT2D eigenvalue weighted by Gasteiger charge is 2.61. The normalized spacial score (nSPS) is 23.4. The first-order valence-corrected chi connectivity index (χ1v) is 10.1. The highest BCUT2D eigenvalue weighted by molar-refractivity contribution is 5.99. The van der Waals surface area contributed by atoms with Crippen molar-refractivity contribution in [3.63, 3.8) is 0 Å². The van der Waals surface area contributed by atoms with Crippen LogP contribution in [0.25, 0.3) is 0 Å². The Balaban J connectivity index is 1.85. The first kappa shape index (κ1) is 20.9. The Bertz CT molecular complexity index is 840. The number of allylic oxidation sites excluding steroid dienone is 1. The van der Waals surface area contributed by atoms with Crippen molar-refractivity contribution in [2.24, 2.45) is 11.3 Å². The fourth-order valence-corrected chi connectivity index (χ4v) is 4.36. The van der Waals surface area contributed by atoms with E-state index in [1.54, 1.807) is 24.0 Å². The molecule has 0 radical (unpaired) electrons. The Kier molecular flexibility index (Phi) is 6.25. The second-order valence-corrected chi connectivity index (χ2v) is 7.46. The van der Waals surface area contributed by atoms with E-state index in [1.807, 2.05) is 19.1 Å². The molecule has 0 bridgehead atoms. The molecule has 156 valence electrons. The van der Waals surface area contributed by atoms with Gasteiger partial charge in [0.1, 0.15) is 16.9 Å². The van der Waals surface area contributed by atoms with Crippen molar-refractivity contribution in [2.45, 2.75) is 46.1 Å². The number of aryl methyl sites for hydroxylation is 1. The number of furan rings is 1. The lowest BCUT2D eigenvalue weighted by Gasteiger charge is -2.35. The van der Waals surface area contributed by atoms with Crippen LogP contribution in [0.15, 0.2) is 41.0 Å². The van der Waals surface area contributed by atoms with Crippen LogP contribution in [-0.4, -0.2) is 35.8 Å². The van der Waals surface area contributed by atoms with E-state index in [4.69, 9.17) is 9.15 Å². The summed E-state index contributed by atoms with van der Waals surface area (Å²) in [5.74, 6) is -0.336. The van der Waals surface area contributed by atoms with Gasteiger partial charge in [-0.1, -0.05) is 12.2 Å². The van der Waals surface area contributed by atoms with Gasteiger partial charge in [-0.2, -0.15) is 0 Å². The lowest BCUT2D eigenvalue weighted by molar-refractivity contribution is -0.158. The van der Waals surface area contributed by atoms with Crippen molar-refractivity contribution in [1.29, 1.82) is 0 Å². The van der Waals surface area contributed by atoms with Crippen molar-refractivity contribution in [1.82, 2.24) is 10.2 Å². The van der Waals surface area contributed by atoms with Crippen LogP contribution in [0.3, 0.4) is 0 Å². The molecule has 1 aromatic rings. The Labute approximate surface area is 170 Å². The molecule has 0 unspecified atom stereocenters. The van der Waals surface area contributed by atoms with Crippen LogP contribution in [0.2, 0.25) is 0 Å². The van der Waals surface area contributed by atoms with Gasteiger partial charge in [0.2, 0.25) is 11.8 Å².